The SMILES string of the molecule is COc1ccc(CCN(C)C(=O)C2CCCN(Cc3cccc(F)c3)C2)cc1OC. The molecule has 0 saturated carbocycles. The van der Waals surface area contributed by atoms with Crippen LogP contribution in [0.25, 0.3) is 0 Å². The van der Waals surface area contributed by atoms with Crippen molar-refractivity contribution in [2.24, 2.45) is 5.92 Å². The lowest BCUT2D eigenvalue weighted by Gasteiger charge is -2.34. The Morgan fingerprint density at radius 1 is 1.13 bits per heavy atom. The number of hydrogen-bond acceptors (Lipinski definition) is 4. The highest BCUT2D eigenvalue weighted by molar-refractivity contribution is 5.79. The van der Waals surface area contributed by atoms with Crippen LogP contribution in [0.1, 0.15) is 24.0 Å². The van der Waals surface area contributed by atoms with Gasteiger partial charge in [-0.05, 0) is 61.2 Å². The fraction of sp³-hybridized carbons (Fsp3) is 0.458. The van der Waals surface area contributed by atoms with Crippen LogP contribution in [-0.4, -0.2) is 56.6 Å². The zero-order chi connectivity index (χ0) is 21.5. The summed E-state index contributed by atoms with van der Waals surface area (Å²) >= 11 is 0. The Hall–Kier alpha value is -2.60. The summed E-state index contributed by atoms with van der Waals surface area (Å²) in [5.74, 6) is 1.35. The second kappa shape index (κ2) is 10.4. The molecule has 1 fully saturated rings. The lowest BCUT2D eigenvalue weighted by Crippen LogP contribution is -2.43. The van der Waals surface area contributed by atoms with Crippen LogP contribution < -0.4 is 9.47 Å². The van der Waals surface area contributed by atoms with Crippen molar-refractivity contribution in [3.05, 3.63) is 59.4 Å². The Morgan fingerprint density at radius 2 is 1.93 bits per heavy atom. The lowest BCUT2D eigenvalue weighted by molar-refractivity contribution is -0.136. The number of benzene rings is 2. The predicted octanol–water partition coefficient (Wildman–Crippen LogP) is 3.76. The lowest BCUT2D eigenvalue weighted by atomic mass is 9.96. The molecule has 1 atom stereocenters. The van der Waals surface area contributed by atoms with Gasteiger partial charge >= 0.3 is 0 Å². The number of likely N-dealkylation sites (tertiary alicyclic amines) is 1. The number of likely N-dealkylation sites (N-methyl/N-ethyl adjacent to an activating group) is 1. The highest BCUT2D eigenvalue weighted by Crippen LogP contribution is 2.28. The molecule has 1 heterocycles. The molecule has 0 bridgehead atoms. The summed E-state index contributed by atoms with van der Waals surface area (Å²) in [4.78, 5) is 17.1. The molecule has 5 nitrogen and oxygen atoms in total. The van der Waals surface area contributed by atoms with Gasteiger partial charge in [-0.3, -0.25) is 9.69 Å². The first-order valence-corrected chi connectivity index (χ1v) is 10.4. The standard InChI is InChI=1S/C24H31FN2O3/c1-26(13-11-18-9-10-22(29-2)23(15-18)30-3)24(28)20-7-5-12-27(17-20)16-19-6-4-8-21(25)14-19/h4,6,8-10,14-15,20H,5,7,11-13,16-17H2,1-3H3. The highest BCUT2D eigenvalue weighted by atomic mass is 19.1. The average molecular weight is 415 g/mol. The molecule has 0 aromatic heterocycles. The summed E-state index contributed by atoms with van der Waals surface area (Å²) in [5.41, 5.74) is 2.05. The quantitative estimate of drug-likeness (QED) is 0.660. The average Bonchev–Trinajstić information content (AvgIpc) is 2.76. The van der Waals surface area contributed by atoms with E-state index in [0.29, 0.717) is 24.6 Å². The number of piperidine rings is 1. The Bertz CT molecular complexity index is 858. The van der Waals surface area contributed by atoms with Gasteiger partial charge in [0.25, 0.3) is 0 Å². The smallest absolute Gasteiger partial charge is 0.226 e. The molecular weight excluding hydrogens is 383 g/mol. The second-order valence-corrected chi connectivity index (χ2v) is 7.90. The van der Waals surface area contributed by atoms with E-state index >= 15 is 0 Å². The van der Waals surface area contributed by atoms with Gasteiger partial charge in [-0.25, -0.2) is 4.39 Å². The van der Waals surface area contributed by atoms with Gasteiger partial charge in [0.2, 0.25) is 5.91 Å². The van der Waals surface area contributed by atoms with Gasteiger partial charge in [-0.15, -0.1) is 0 Å². The van der Waals surface area contributed by atoms with Crippen LogP contribution in [0.5, 0.6) is 11.5 Å². The molecule has 0 spiro atoms. The summed E-state index contributed by atoms with van der Waals surface area (Å²) in [6.07, 6.45) is 2.64. The van der Waals surface area contributed by atoms with Crippen molar-refractivity contribution >= 4 is 5.91 Å². The minimum absolute atomic E-state index is 0.0114. The van der Waals surface area contributed by atoms with Crippen LogP contribution in [0.2, 0.25) is 0 Å². The summed E-state index contributed by atoms with van der Waals surface area (Å²) in [5, 5.41) is 0. The Kier molecular flexibility index (Phi) is 7.69. The van der Waals surface area contributed by atoms with Crippen LogP contribution in [0.3, 0.4) is 0 Å². The van der Waals surface area contributed by atoms with Crippen molar-refractivity contribution in [2.75, 3.05) is 40.9 Å². The van der Waals surface area contributed by atoms with Crippen molar-refractivity contribution in [3.63, 3.8) is 0 Å². The summed E-state index contributed by atoms with van der Waals surface area (Å²) in [6.45, 7) is 2.98. The maximum Gasteiger partial charge on any atom is 0.226 e. The van der Waals surface area contributed by atoms with Crippen molar-refractivity contribution in [1.82, 2.24) is 9.80 Å². The van der Waals surface area contributed by atoms with Crippen LogP contribution in [0.15, 0.2) is 42.5 Å². The van der Waals surface area contributed by atoms with Gasteiger partial charge < -0.3 is 14.4 Å². The van der Waals surface area contributed by atoms with Crippen molar-refractivity contribution in [1.29, 1.82) is 0 Å². The number of nitrogens with zero attached hydrogens (tertiary/aromatic N) is 2. The van der Waals surface area contributed by atoms with E-state index in [2.05, 4.69) is 4.90 Å². The van der Waals surface area contributed by atoms with Crippen LogP contribution in [0.4, 0.5) is 4.39 Å². The van der Waals surface area contributed by atoms with Gasteiger partial charge in [-0.1, -0.05) is 18.2 Å². The third-order valence-electron chi connectivity index (χ3n) is 5.71. The molecule has 1 saturated heterocycles. The summed E-state index contributed by atoms with van der Waals surface area (Å²) in [6, 6.07) is 12.5. The van der Waals surface area contributed by atoms with Crippen molar-refractivity contribution < 1.29 is 18.7 Å². The Morgan fingerprint density at radius 3 is 2.67 bits per heavy atom. The molecule has 0 aliphatic carbocycles. The van der Waals surface area contributed by atoms with Crippen LogP contribution >= 0.6 is 0 Å². The highest BCUT2D eigenvalue weighted by Gasteiger charge is 2.28. The van der Waals surface area contributed by atoms with Gasteiger partial charge in [0.1, 0.15) is 5.82 Å². The van der Waals surface area contributed by atoms with E-state index < -0.39 is 0 Å². The first-order chi connectivity index (χ1) is 14.5. The van der Waals surface area contributed by atoms with Crippen LogP contribution in [-0.2, 0) is 17.8 Å². The third kappa shape index (κ3) is 5.72. The number of halogens is 1. The molecule has 0 radical (unpaired) electrons. The third-order valence-corrected chi connectivity index (χ3v) is 5.71. The van der Waals surface area contributed by atoms with Gasteiger partial charge in [0, 0.05) is 26.7 Å². The number of ether oxygens (including phenoxy) is 2. The van der Waals surface area contributed by atoms with Gasteiger partial charge in [0.05, 0.1) is 20.1 Å². The molecular formula is C24H31FN2O3. The zero-order valence-electron chi connectivity index (χ0n) is 18.1. The molecule has 6 heteroatoms. The molecule has 1 amide bonds. The number of methoxy groups -OCH3 is 2. The minimum atomic E-state index is -0.216. The number of hydrogen-bond donors (Lipinski definition) is 0. The van der Waals surface area contributed by atoms with E-state index in [4.69, 9.17) is 9.47 Å². The summed E-state index contributed by atoms with van der Waals surface area (Å²) < 4.78 is 24.1. The van der Waals surface area contributed by atoms with E-state index in [0.717, 1.165) is 43.5 Å². The molecule has 0 N–H and O–H groups in total. The molecule has 162 valence electrons. The van der Waals surface area contributed by atoms with E-state index in [-0.39, 0.29) is 17.6 Å². The molecule has 2 aromatic rings. The molecule has 30 heavy (non-hydrogen) atoms. The van der Waals surface area contributed by atoms with Crippen molar-refractivity contribution in [2.45, 2.75) is 25.8 Å². The fourth-order valence-corrected chi connectivity index (χ4v) is 4.05. The second-order valence-electron chi connectivity index (χ2n) is 7.90. The fourth-order valence-electron chi connectivity index (χ4n) is 4.05. The first-order valence-electron chi connectivity index (χ1n) is 10.4. The van der Waals surface area contributed by atoms with Gasteiger partial charge in [0.15, 0.2) is 11.5 Å². The maximum absolute atomic E-state index is 13.5. The molecule has 1 unspecified atom stereocenters. The predicted molar refractivity (Wildman–Crippen MR) is 115 cm³/mol. The molecule has 2 aromatic carbocycles. The molecule has 1 aliphatic heterocycles. The van der Waals surface area contributed by atoms with Crippen molar-refractivity contribution in [3.8, 4) is 11.5 Å². The van der Waals surface area contributed by atoms with Crippen LogP contribution in [0, 0.1) is 11.7 Å². The number of rotatable bonds is 8. The number of amides is 1. The Balaban J connectivity index is 1.53. The molecule has 1 aliphatic rings. The monoisotopic (exact) mass is 414 g/mol. The molecule has 3 rings (SSSR count). The van der Waals surface area contributed by atoms with E-state index in [1.807, 2.05) is 36.2 Å². The van der Waals surface area contributed by atoms with E-state index in [1.165, 1.54) is 6.07 Å². The zero-order valence-corrected chi connectivity index (χ0v) is 18.1. The van der Waals surface area contributed by atoms with E-state index in [9.17, 15) is 9.18 Å². The van der Waals surface area contributed by atoms with E-state index in [1.54, 1.807) is 26.4 Å². The first kappa shape index (κ1) is 22.1. The van der Waals surface area contributed by atoms with Gasteiger partial charge in [-0.2, -0.15) is 0 Å². The number of carbonyl (C=O) groups is 1. The number of carbonyl (C=O) groups excluding carboxylic acids is 1. The summed E-state index contributed by atoms with van der Waals surface area (Å²) in [7, 11) is 5.11. The minimum Gasteiger partial charge on any atom is -0.493 e. The maximum atomic E-state index is 13.5. The largest absolute Gasteiger partial charge is 0.493 e. The topological polar surface area (TPSA) is 42.0 Å². The normalized spacial score (nSPS) is 16.9. The Labute approximate surface area is 178 Å².